The molecular weight excluding hydrogens is 350 g/mol. The van der Waals surface area contributed by atoms with E-state index in [1.807, 2.05) is 31.2 Å². The second-order valence-electron chi connectivity index (χ2n) is 6.11. The Kier molecular flexibility index (Phi) is 5.40. The van der Waals surface area contributed by atoms with Gasteiger partial charge in [0.05, 0.1) is 0 Å². The van der Waals surface area contributed by atoms with Crippen molar-refractivity contribution in [3.8, 4) is 0 Å². The first-order chi connectivity index (χ1) is 12.9. The zero-order valence-corrected chi connectivity index (χ0v) is 14.9. The first-order valence-electron chi connectivity index (χ1n) is 8.32. The van der Waals surface area contributed by atoms with Crippen LogP contribution in [0, 0.1) is 25.5 Å². The quantitative estimate of drug-likeness (QED) is 0.707. The summed E-state index contributed by atoms with van der Waals surface area (Å²) in [5.41, 5.74) is 2.51. The highest BCUT2D eigenvalue weighted by molar-refractivity contribution is 6.03. The Bertz CT molecular complexity index is 974. The molecule has 2 N–H and O–H groups in total. The number of nitrogens with one attached hydrogen (secondary N) is 2. The van der Waals surface area contributed by atoms with E-state index in [1.165, 1.54) is 17.7 Å². The van der Waals surface area contributed by atoms with Crippen molar-refractivity contribution in [1.82, 2.24) is 9.97 Å². The number of aryl methyl sites for hydroxylation is 2. The van der Waals surface area contributed by atoms with Crippen LogP contribution >= 0.6 is 0 Å². The van der Waals surface area contributed by atoms with Crippen molar-refractivity contribution in [2.24, 2.45) is 0 Å². The summed E-state index contributed by atoms with van der Waals surface area (Å²) < 4.78 is 26.3. The van der Waals surface area contributed by atoms with Gasteiger partial charge in [-0.2, -0.15) is 0 Å². The van der Waals surface area contributed by atoms with Gasteiger partial charge in [0.1, 0.15) is 17.3 Å². The molecule has 0 saturated heterocycles. The van der Waals surface area contributed by atoms with Crippen molar-refractivity contribution in [1.29, 1.82) is 0 Å². The van der Waals surface area contributed by atoms with Crippen molar-refractivity contribution in [2.45, 2.75) is 20.4 Å². The summed E-state index contributed by atoms with van der Waals surface area (Å²) in [5.74, 6) is -1.64. The van der Waals surface area contributed by atoms with Gasteiger partial charge >= 0.3 is 0 Å². The van der Waals surface area contributed by atoms with Crippen LogP contribution in [-0.2, 0) is 6.54 Å². The van der Waals surface area contributed by atoms with E-state index in [0.717, 1.165) is 17.7 Å². The highest BCUT2D eigenvalue weighted by Crippen LogP contribution is 2.15. The zero-order chi connectivity index (χ0) is 19.4. The molecule has 138 valence electrons. The van der Waals surface area contributed by atoms with Crippen LogP contribution in [0.5, 0.6) is 0 Å². The molecule has 7 heteroatoms. The minimum atomic E-state index is -1.04. The second kappa shape index (κ2) is 7.90. The first-order valence-corrected chi connectivity index (χ1v) is 8.32. The van der Waals surface area contributed by atoms with Gasteiger partial charge in [-0.3, -0.25) is 4.79 Å². The minimum Gasteiger partial charge on any atom is -0.366 e. The standard InChI is InChI=1S/C20H18F2N4O/c1-12-3-5-14(6-4-12)11-23-19-10-18(24-13(2)25-19)20(27)26-15-7-8-16(21)17(22)9-15/h3-10H,11H2,1-2H3,(H,26,27)(H,23,24,25). The van der Waals surface area contributed by atoms with Gasteiger partial charge in [0.15, 0.2) is 11.6 Å². The second-order valence-corrected chi connectivity index (χ2v) is 6.11. The van der Waals surface area contributed by atoms with Gasteiger partial charge in [0.25, 0.3) is 5.91 Å². The van der Waals surface area contributed by atoms with Crippen molar-refractivity contribution < 1.29 is 13.6 Å². The summed E-state index contributed by atoms with van der Waals surface area (Å²) in [7, 11) is 0. The summed E-state index contributed by atoms with van der Waals surface area (Å²) in [6, 6.07) is 12.7. The average Bonchev–Trinajstić information content (AvgIpc) is 2.64. The van der Waals surface area contributed by atoms with Crippen LogP contribution < -0.4 is 10.6 Å². The van der Waals surface area contributed by atoms with E-state index >= 15 is 0 Å². The molecule has 0 spiro atoms. The van der Waals surface area contributed by atoms with Crippen LogP contribution in [0.1, 0.15) is 27.4 Å². The van der Waals surface area contributed by atoms with E-state index in [0.29, 0.717) is 18.2 Å². The molecule has 1 heterocycles. The molecule has 0 aliphatic carbocycles. The monoisotopic (exact) mass is 368 g/mol. The number of carbonyl (C=O) groups is 1. The minimum absolute atomic E-state index is 0.124. The molecule has 0 unspecified atom stereocenters. The molecule has 3 rings (SSSR count). The zero-order valence-electron chi connectivity index (χ0n) is 14.9. The Morgan fingerprint density at radius 1 is 0.963 bits per heavy atom. The fraction of sp³-hybridized carbons (Fsp3) is 0.150. The van der Waals surface area contributed by atoms with Crippen LogP contribution in [0.4, 0.5) is 20.3 Å². The summed E-state index contributed by atoms with van der Waals surface area (Å²) in [6.07, 6.45) is 0. The van der Waals surface area contributed by atoms with Crippen molar-refractivity contribution in [3.05, 3.63) is 82.8 Å². The number of rotatable bonds is 5. The lowest BCUT2D eigenvalue weighted by Gasteiger charge is -2.10. The fourth-order valence-corrected chi connectivity index (χ4v) is 2.44. The molecular formula is C20H18F2N4O. The molecule has 3 aromatic rings. The third kappa shape index (κ3) is 4.84. The number of benzene rings is 2. The lowest BCUT2D eigenvalue weighted by molar-refractivity contribution is 0.102. The van der Waals surface area contributed by atoms with Crippen LogP contribution in [-0.4, -0.2) is 15.9 Å². The average molecular weight is 368 g/mol. The molecule has 0 fully saturated rings. The Morgan fingerprint density at radius 3 is 2.41 bits per heavy atom. The summed E-state index contributed by atoms with van der Waals surface area (Å²) in [5, 5.41) is 5.65. The maximum atomic E-state index is 13.3. The highest BCUT2D eigenvalue weighted by atomic mass is 19.2. The Hall–Kier alpha value is -3.35. The number of carbonyl (C=O) groups excluding carboxylic acids is 1. The number of aromatic nitrogens is 2. The van der Waals surface area contributed by atoms with Crippen LogP contribution in [0.15, 0.2) is 48.5 Å². The summed E-state index contributed by atoms with van der Waals surface area (Å²) >= 11 is 0. The van der Waals surface area contributed by atoms with E-state index in [1.54, 1.807) is 6.92 Å². The lowest BCUT2D eigenvalue weighted by Crippen LogP contribution is -2.16. The third-order valence-corrected chi connectivity index (χ3v) is 3.84. The van der Waals surface area contributed by atoms with Crippen molar-refractivity contribution in [3.63, 3.8) is 0 Å². The summed E-state index contributed by atoms with van der Waals surface area (Å²) in [6.45, 7) is 4.23. The number of hydrogen-bond donors (Lipinski definition) is 2. The molecule has 27 heavy (non-hydrogen) atoms. The van der Waals surface area contributed by atoms with E-state index < -0.39 is 17.5 Å². The summed E-state index contributed by atoms with van der Waals surface area (Å²) in [4.78, 5) is 20.8. The molecule has 0 aliphatic heterocycles. The van der Waals surface area contributed by atoms with E-state index in [2.05, 4.69) is 20.6 Å². The lowest BCUT2D eigenvalue weighted by atomic mass is 10.1. The molecule has 0 aliphatic rings. The Morgan fingerprint density at radius 2 is 1.70 bits per heavy atom. The van der Waals surface area contributed by atoms with Crippen molar-refractivity contribution in [2.75, 3.05) is 10.6 Å². The van der Waals surface area contributed by atoms with Crippen LogP contribution in [0.3, 0.4) is 0 Å². The molecule has 1 amide bonds. The molecule has 2 aromatic carbocycles. The number of hydrogen-bond acceptors (Lipinski definition) is 4. The van der Waals surface area contributed by atoms with E-state index in [4.69, 9.17) is 0 Å². The molecule has 0 bridgehead atoms. The van der Waals surface area contributed by atoms with Gasteiger partial charge in [-0.1, -0.05) is 29.8 Å². The number of halogens is 2. The predicted octanol–water partition coefficient (Wildman–Crippen LogP) is 4.24. The largest absolute Gasteiger partial charge is 0.366 e. The van der Waals surface area contributed by atoms with Gasteiger partial charge in [0, 0.05) is 24.4 Å². The third-order valence-electron chi connectivity index (χ3n) is 3.84. The molecule has 5 nitrogen and oxygen atoms in total. The predicted molar refractivity (Wildman–Crippen MR) is 99.6 cm³/mol. The highest BCUT2D eigenvalue weighted by Gasteiger charge is 2.12. The van der Waals surface area contributed by atoms with Gasteiger partial charge < -0.3 is 10.6 Å². The van der Waals surface area contributed by atoms with Crippen molar-refractivity contribution >= 4 is 17.4 Å². The van der Waals surface area contributed by atoms with Crippen LogP contribution in [0.2, 0.25) is 0 Å². The Balaban J connectivity index is 1.72. The van der Waals surface area contributed by atoms with E-state index in [-0.39, 0.29) is 11.4 Å². The first kappa shape index (κ1) is 18.4. The van der Waals surface area contributed by atoms with Gasteiger partial charge in [-0.25, -0.2) is 18.7 Å². The molecule has 0 radical (unpaired) electrons. The topological polar surface area (TPSA) is 66.9 Å². The molecule has 0 saturated carbocycles. The molecule has 0 atom stereocenters. The number of nitrogens with zero attached hydrogens (tertiary/aromatic N) is 2. The number of amides is 1. The maximum Gasteiger partial charge on any atom is 0.274 e. The Labute approximate surface area is 155 Å². The normalized spacial score (nSPS) is 10.5. The van der Waals surface area contributed by atoms with Crippen LogP contribution in [0.25, 0.3) is 0 Å². The fourth-order valence-electron chi connectivity index (χ4n) is 2.44. The molecule has 1 aromatic heterocycles. The maximum absolute atomic E-state index is 13.3. The van der Waals surface area contributed by atoms with Gasteiger partial charge in [0.2, 0.25) is 0 Å². The van der Waals surface area contributed by atoms with Gasteiger partial charge in [-0.05, 0) is 31.5 Å². The van der Waals surface area contributed by atoms with E-state index in [9.17, 15) is 13.6 Å². The number of anilines is 2. The van der Waals surface area contributed by atoms with Gasteiger partial charge in [-0.15, -0.1) is 0 Å². The smallest absolute Gasteiger partial charge is 0.274 e. The SMILES string of the molecule is Cc1ccc(CNc2cc(C(=O)Nc3ccc(F)c(F)c3)nc(C)n2)cc1.